The Bertz CT molecular complexity index is 318. The van der Waals surface area contributed by atoms with Crippen molar-refractivity contribution in [1.82, 2.24) is 4.98 Å². The predicted octanol–water partition coefficient (Wildman–Crippen LogP) is 2.78. The van der Waals surface area contributed by atoms with E-state index in [0.717, 1.165) is 6.20 Å². The molecule has 0 bridgehead atoms. The molecular formula is C7H6Cl2F2N2. The molecule has 1 aromatic heterocycles. The lowest BCUT2D eigenvalue weighted by Gasteiger charge is -2.08. The Morgan fingerprint density at radius 2 is 2.08 bits per heavy atom. The molecule has 0 aromatic carbocycles. The Morgan fingerprint density at radius 1 is 1.46 bits per heavy atom. The zero-order valence-corrected chi connectivity index (χ0v) is 7.91. The fraction of sp³-hybridized carbons (Fsp3) is 0.286. The highest BCUT2D eigenvalue weighted by molar-refractivity contribution is 6.41. The second-order valence-electron chi connectivity index (χ2n) is 2.30. The van der Waals surface area contributed by atoms with E-state index < -0.39 is 6.43 Å². The first-order valence-corrected chi connectivity index (χ1v) is 4.14. The normalized spacial score (nSPS) is 10.9. The van der Waals surface area contributed by atoms with Gasteiger partial charge in [-0.3, -0.25) is 0 Å². The maximum absolute atomic E-state index is 12.3. The average molecular weight is 227 g/mol. The quantitative estimate of drug-likeness (QED) is 0.789. The van der Waals surface area contributed by atoms with Crippen molar-refractivity contribution in [1.29, 1.82) is 0 Å². The van der Waals surface area contributed by atoms with Gasteiger partial charge in [0.1, 0.15) is 5.15 Å². The fourth-order valence-corrected chi connectivity index (χ4v) is 1.31. The van der Waals surface area contributed by atoms with E-state index in [1.165, 1.54) is 0 Å². The molecule has 0 fully saturated rings. The summed E-state index contributed by atoms with van der Waals surface area (Å²) >= 11 is 11.2. The first-order chi connectivity index (χ1) is 6.07. The van der Waals surface area contributed by atoms with Gasteiger partial charge in [-0.25, -0.2) is 13.8 Å². The van der Waals surface area contributed by atoms with Crippen LogP contribution in [0.25, 0.3) is 0 Å². The summed E-state index contributed by atoms with van der Waals surface area (Å²) in [4.78, 5) is 3.51. The molecule has 0 aliphatic heterocycles. The van der Waals surface area contributed by atoms with E-state index in [9.17, 15) is 8.78 Å². The summed E-state index contributed by atoms with van der Waals surface area (Å²) in [5, 5.41) is -0.00603. The average Bonchev–Trinajstić information content (AvgIpc) is 2.09. The molecule has 72 valence electrons. The van der Waals surface area contributed by atoms with E-state index in [4.69, 9.17) is 28.9 Å². The van der Waals surface area contributed by atoms with Crippen LogP contribution in [0.3, 0.4) is 0 Å². The van der Waals surface area contributed by atoms with Crippen LogP contribution in [0.5, 0.6) is 0 Å². The number of pyridine rings is 1. The van der Waals surface area contributed by atoms with Crippen LogP contribution in [0.15, 0.2) is 6.20 Å². The highest BCUT2D eigenvalue weighted by Crippen LogP contribution is 2.31. The van der Waals surface area contributed by atoms with Crippen LogP contribution in [-0.4, -0.2) is 4.98 Å². The Morgan fingerprint density at radius 3 is 2.54 bits per heavy atom. The molecule has 0 aliphatic carbocycles. The molecule has 0 spiro atoms. The van der Waals surface area contributed by atoms with Gasteiger partial charge in [0.15, 0.2) is 0 Å². The second-order valence-corrected chi connectivity index (χ2v) is 3.04. The second kappa shape index (κ2) is 4.17. The van der Waals surface area contributed by atoms with Crippen LogP contribution in [0.4, 0.5) is 8.78 Å². The number of nitrogens with zero attached hydrogens (tertiary/aromatic N) is 1. The molecule has 0 saturated heterocycles. The summed E-state index contributed by atoms with van der Waals surface area (Å²) in [6.45, 7) is -0.0826. The number of aromatic nitrogens is 1. The van der Waals surface area contributed by atoms with Gasteiger partial charge in [0, 0.05) is 18.3 Å². The van der Waals surface area contributed by atoms with Gasteiger partial charge in [-0.05, 0) is 5.56 Å². The largest absolute Gasteiger partial charge is 0.326 e. The molecule has 0 unspecified atom stereocenters. The smallest absolute Gasteiger partial charge is 0.265 e. The van der Waals surface area contributed by atoms with Crippen molar-refractivity contribution in [3.8, 4) is 0 Å². The monoisotopic (exact) mass is 226 g/mol. The minimum atomic E-state index is -2.64. The van der Waals surface area contributed by atoms with Crippen LogP contribution in [0.2, 0.25) is 10.2 Å². The maximum Gasteiger partial charge on any atom is 0.265 e. The molecule has 0 saturated carbocycles. The summed E-state index contributed by atoms with van der Waals surface area (Å²) in [6, 6.07) is 0. The molecular weight excluding hydrogens is 221 g/mol. The molecule has 1 aromatic rings. The number of halogens is 4. The van der Waals surface area contributed by atoms with Crippen molar-refractivity contribution in [2.45, 2.75) is 13.0 Å². The SMILES string of the molecule is NCc1c(C(F)F)cnc(Cl)c1Cl. The van der Waals surface area contributed by atoms with Gasteiger partial charge in [0.2, 0.25) is 0 Å². The maximum atomic E-state index is 12.3. The van der Waals surface area contributed by atoms with E-state index >= 15 is 0 Å². The molecule has 1 rings (SSSR count). The number of rotatable bonds is 2. The number of hydrogen-bond acceptors (Lipinski definition) is 2. The zero-order chi connectivity index (χ0) is 10.0. The van der Waals surface area contributed by atoms with Crippen LogP contribution < -0.4 is 5.73 Å². The Labute approximate surface area is 83.7 Å². The fourth-order valence-electron chi connectivity index (χ4n) is 0.908. The molecule has 0 aliphatic rings. The Kier molecular flexibility index (Phi) is 3.41. The first-order valence-electron chi connectivity index (χ1n) is 3.39. The Hall–Kier alpha value is -0.450. The van der Waals surface area contributed by atoms with Crippen molar-refractivity contribution in [2.24, 2.45) is 5.73 Å². The van der Waals surface area contributed by atoms with Crippen molar-refractivity contribution >= 4 is 23.2 Å². The van der Waals surface area contributed by atoms with Gasteiger partial charge in [-0.1, -0.05) is 23.2 Å². The first kappa shape index (κ1) is 10.6. The third kappa shape index (κ3) is 2.07. The third-order valence-corrected chi connectivity index (χ3v) is 2.34. The highest BCUT2D eigenvalue weighted by atomic mass is 35.5. The minimum Gasteiger partial charge on any atom is -0.326 e. The lowest BCUT2D eigenvalue weighted by atomic mass is 10.1. The summed E-state index contributed by atoms with van der Waals surface area (Å²) in [5.74, 6) is 0. The van der Waals surface area contributed by atoms with Crippen LogP contribution in [-0.2, 0) is 6.54 Å². The molecule has 1 heterocycles. The van der Waals surface area contributed by atoms with Crippen molar-refractivity contribution in [3.05, 3.63) is 27.5 Å². The Balaban J connectivity index is 3.30. The molecule has 2 N–H and O–H groups in total. The lowest BCUT2D eigenvalue weighted by Crippen LogP contribution is -2.04. The molecule has 6 heteroatoms. The lowest BCUT2D eigenvalue weighted by molar-refractivity contribution is 0.150. The van der Waals surface area contributed by atoms with E-state index in [2.05, 4.69) is 4.98 Å². The molecule has 0 atom stereocenters. The van der Waals surface area contributed by atoms with Crippen molar-refractivity contribution in [2.75, 3.05) is 0 Å². The zero-order valence-electron chi connectivity index (χ0n) is 6.40. The molecule has 0 amide bonds. The standard InChI is InChI=1S/C7H6Cl2F2N2/c8-5-3(1-12)4(7(10)11)2-13-6(5)9/h2,7H,1,12H2. The predicted molar refractivity (Wildman–Crippen MR) is 47.1 cm³/mol. The topological polar surface area (TPSA) is 38.9 Å². The molecule has 13 heavy (non-hydrogen) atoms. The van der Waals surface area contributed by atoms with Crippen molar-refractivity contribution in [3.63, 3.8) is 0 Å². The molecule has 0 radical (unpaired) electrons. The third-order valence-electron chi connectivity index (χ3n) is 1.55. The van der Waals surface area contributed by atoms with Crippen molar-refractivity contribution < 1.29 is 8.78 Å². The van der Waals surface area contributed by atoms with E-state index in [0.29, 0.717) is 0 Å². The van der Waals surface area contributed by atoms with Gasteiger partial charge in [0.25, 0.3) is 6.43 Å². The van der Waals surface area contributed by atoms with Gasteiger partial charge in [0.05, 0.1) is 5.02 Å². The van der Waals surface area contributed by atoms with Gasteiger partial charge < -0.3 is 5.73 Å². The van der Waals surface area contributed by atoms with Crippen LogP contribution in [0, 0.1) is 0 Å². The van der Waals surface area contributed by atoms with Gasteiger partial charge in [-0.2, -0.15) is 0 Å². The van der Waals surface area contributed by atoms with E-state index in [1.54, 1.807) is 0 Å². The minimum absolute atomic E-state index is 0.00182. The highest BCUT2D eigenvalue weighted by Gasteiger charge is 2.17. The van der Waals surface area contributed by atoms with Gasteiger partial charge in [-0.15, -0.1) is 0 Å². The van der Waals surface area contributed by atoms with E-state index in [-0.39, 0.29) is 27.8 Å². The summed E-state index contributed by atoms with van der Waals surface area (Å²) in [7, 11) is 0. The molecule has 2 nitrogen and oxygen atoms in total. The van der Waals surface area contributed by atoms with Crippen LogP contribution >= 0.6 is 23.2 Å². The van der Waals surface area contributed by atoms with Crippen LogP contribution in [0.1, 0.15) is 17.6 Å². The summed E-state index contributed by atoms with van der Waals surface area (Å²) in [5.41, 5.74) is 5.14. The summed E-state index contributed by atoms with van der Waals surface area (Å²) < 4.78 is 24.7. The number of nitrogens with two attached hydrogens (primary N) is 1. The number of hydrogen-bond donors (Lipinski definition) is 1. The number of alkyl halides is 2. The van der Waals surface area contributed by atoms with E-state index in [1.807, 2.05) is 0 Å². The summed E-state index contributed by atoms with van der Waals surface area (Å²) in [6.07, 6.45) is -1.65. The van der Waals surface area contributed by atoms with Gasteiger partial charge >= 0.3 is 0 Å².